The molecule has 2 rings (SSSR count). The van der Waals surface area contributed by atoms with Crippen LogP contribution in [0.15, 0.2) is 0 Å². The maximum Gasteiger partial charge on any atom is 0.123 e. The second-order valence-electron chi connectivity index (χ2n) is 5.34. The Kier molecular flexibility index (Phi) is 4.83. The van der Waals surface area contributed by atoms with Gasteiger partial charge < -0.3 is 5.21 Å². The van der Waals surface area contributed by atoms with Crippen molar-refractivity contribution in [3.05, 3.63) is 18.0 Å². The highest BCUT2D eigenvalue weighted by Gasteiger charge is 2.48. The zero-order valence-corrected chi connectivity index (χ0v) is 10.9. The fourth-order valence-corrected chi connectivity index (χ4v) is 3.01. The minimum Gasteiger partial charge on any atom is -0.598 e. The first kappa shape index (κ1) is 13.3. The maximum absolute atomic E-state index is 12.4. The van der Waals surface area contributed by atoms with Gasteiger partial charge in [0.15, 0.2) is 0 Å². The summed E-state index contributed by atoms with van der Waals surface area (Å²) < 4.78 is 0. The first-order valence-electron chi connectivity index (χ1n) is 7.18. The minimum atomic E-state index is -0.383. The summed E-state index contributed by atoms with van der Waals surface area (Å²) in [4.78, 5) is 5.02. The summed E-state index contributed by atoms with van der Waals surface area (Å²) in [5, 5.41) is 12.4. The molecule has 2 aliphatic rings. The Morgan fingerprint density at radius 2 is 2.12 bits per heavy atom. The van der Waals surface area contributed by atoms with E-state index >= 15 is 0 Å². The van der Waals surface area contributed by atoms with Gasteiger partial charge in [-0.05, 0) is 12.8 Å². The molecule has 0 N–H and O–H groups in total. The summed E-state index contributed by atoms with van der Waals surface area (Å²) >= 11 is 0. The van der Waals surface area contributed by atoms with Crippen molar-refractivity contribution in [1.82, 2.24) is 0 Å². The minimum absolute atomic E-state index is 0.0636. The molecule has 3 atom stereocenters. The number of rotatable bonds is 7. The van der Waals surface area contributed by atoms with Crippen molar-refractivity contribution >= 4 is 0 Å². The van der Waals surface area contributed by atoms with E-state index in [1.807, 2.05) is 0 Å². The van der Waals surface area contributed by atoms with Crippen molar-refractivity contribution in [2.45, 2.75) is 70.4 Å². The second-order valence-corrected chi connectivity index (χ2v) is 5.34. The average molecular weight is 239 g/mol. The largest absolute Gasteiger partial charge is 0.598 e. The zero-order chi connectivity index (χ0) is 12.1. The predicted octanol–water partition coefficient (Wildman–Crippen LogP) is 3.55. The van der Waals surface area contributed by atoms with E-state index < -0.39 is 0 Å². The first-order valence-corrected chi connectivity index (χ1v) is 7.18. The van der Waals surface area contributed by atoms with Crippen LogP contribution in [0.25, 0.3) is 0 Å². The topological polar surface area (TPSA) is 32.3 Å². The van der Waals surface area contributed by atoms with Gasteiger partial charge in [0, 0.05) is 25.7 Å². The fraction of sp³-hybridized carbons (Fsp3) is 0.857. The molecule has 2 aliphatic heterocycles. The third-order valence-corrected chi connectivity index (χ3v) is 4.09. The van der Waals surface area contributed by atoms with Gasteiger partial charge in [-0.1, -0.05) is 32.6 Å². The maximum atomic E-state index is 12.4. The molecule has 0 amide bonds. The van der Waals surface area contributed by atoms with E-state index in [1.54, 1.807) is 0 Å². The van der Waals surface area contributed by atoms with Crippen LogP contribution in [-0.4, -0.2) is 23.5 Å². The van der Waals surface area contributed by atoms with Crippen molar-refractivity contribution in [1.29, 1.82) is 0 Å². The average Bonchev–Trinajstić information content (AvgIpc) is 2.81. The second kappa shape index (κ2) is 6.17. The molecule has 2 radical (unpaired) electrons. The number of nitrogens with zero attached hydrogens (tertiary/aromatic N) is 1. The molecule has 0 aromatic rings. The third-order valence-electron chi connectivity index (χ3n) is 4.09. The van der Waals surface area contributed by atoms with E-state index in [2.05, 4.69) is 19.8 Å². The van der Waals surface area contributed by atoms with Crippen LogP contribution in [0, 0.1) is 18.0 Å². The predicted molar refractivity (Wildman–Crippen MR) is 68.4 cm³/mol. The SMILES string of the molecule is CCCCCC[CH][CH][C@@H]1CCC2CCO[N+]21[O-]. The quantitative estimate of drug-likeness (QED) is 0.386. The Labute approximate surface area is 105 Å². The number of hydroxylamine groups is 4. The normalized spacial score (nSPS) is 36.4. The molecule has 3 nitrogen and oxygen atoms in total. The smallest absolute Gasteiger partial charge is 0.123 e. The summed E-state index contributed by atoms with van der Waals surface area (Å²) in [6.45, 7) is 2.87. The van der Waals surface area contributed by atoms with Gasteiger partial charge in [0.25, 0.3) is 0 Å². The van der Waals surface area contributed by atoms with Crippen molar-refractivity contribution in [2.75, 3.05) is 6.61 Å². The Hall–Kier alpha value is -0.120. The fourth-order valence-electron chi connectivity index (χ4n) is 3.01. The molecule has 2 unspecified atom stereocenters. The van der Waals surface area contributed by atoms with Gasteiger partial charge in [-0.2, -0.15) is 0 Å². The van der Waals surface area contributed by atoms with E-state index in [0.29, 0.717) is 6.61 Å². The van der Waals surface area contributed by atoms with E-state index in [1.165, 1.54) is 25.7 Å². The van der Waals surface area contributed by atoms with E-state index in [9.17, 15) is 5.21 Å². The number of fused-ring (bicyclic) bond motifs is 1. The van der Waals surface area contributed by atoms with Crippen molar-refractivity contribution in [3.8, 4) is 0 Å². The lowest BCUT2D eigenvalue weighted by atomic mass is 10.0. The molecule has 0 spiro atoms. The number of quaternary nitrogens is 1. The molecule has 2 saturated heterocycles. The molecule has 0 aromatic carbocycles. The van der Waals surface area contributed by atoms with E-state index in [-0.39, 0.29) is 16.9 Å². The van der Waals surface area contributed by atoms with Gasteiger partial charge in [0.05, 0.1) is 0 Å². The molecule has 0 aromatic heterocycles. The zero-order valence-electron chi connectivity index (χ0n) is 10.9. The Bertz CT molecular complexity index is 234. The molecule has 3 heteroatoms. The van der Waals surface area contributed by atoms with Gasteiger partial charge >= 0.3 is 0 Å². The lowest BCUT2D eigenvalue weighted by molar-refractivity contribution is -1.07. The van der Waals surface area contributed by atoms with Gasteiger partial charge in [-0.15, -0.1) is 0 Å². The van der Waals surface area contributed by atoms with Crippen molar-refractivity contribution in [2.24, 2.45) is 0 Å². The Morgan fingerprint density at radius 1 is 1.24 bits per heavy atom. The van der Waals surface area contributed by atoms with Crippen LogP contribution in [0.1, 0.15) is 58.3 Å². The van der Waals surface area contributed by atoms with Gasteiger partial charge in [0.1, 0.15) is 18.7 Å². The van der Waals surface area contributed by atoms with Gasteiger partial charge in [-0.25, -0.2) is 9.65 Å². The summed E-state index contributed by atoms with van der Waals surface area (Å²) in [7, 11) is 0. The number of hydrogen-bond donors (Lipinski definition) is 0. The van der Waals surface area contributed by atoms with E-state index in [4.69, 9.17) is 4.84 Å². The van der Waals surface area contributed by atoms with E-state index in [0.717, 1.165) is 25.7 Å². The lowest BCUT2D eigenvalue weighted by Gasteiger charge is -2.40. The molecular formula is C14H25NO2. The summed E-state index contributed by atoms with van der Waals surface area (Å²) in [6, 6.07) is 0.276. The van der Waals surface area contributed by atoms with Gasteiger partial charge in [0.2, 0.25) is 0 Å². The standard InChI is InChI=1S/C14H25NO2/c1-2-3-4-5-6-7-8-13-9-10-14-11-12-17-15(13,14)16/h7-8,13-14H,2-6,9-12H2,1H3/t13-,14?,15?/m1/s1. The summed E-state index contributed by atoms with van der Waals surface area (Å²) in [5.74, 6) is 0. The van der Waals surface area contributed by atoms with Crippen LogP contribution in [0.5, 0.6) is 0 Å². The molecular weight excluding hydrogens is 214 g/mol. The van der Waals surface area contributed by atoms with Crippen molar-refractivity contribution in [3.63, 3.8) is 0 Å². The highest BCUT2D eigenvalue weighted by atomic mass is 16.9. The van der Waals surface area contributed by atoms with Gasteiger partial charge in [-0.3, -0.25) is 0 Å². The van der Waals surface area contributed by atoms with Crippen LogP contribution in [0.4, 0.5) is 0 Å². The molecule has 0 saturated carbocycles. The molecule has 0 aliphatic carbocycles. The first-order chi connectivity index (χ1) is 8.27. The van der Waals surface area contributed by atoms with Crippen LogP contribution < -0.4 is 0 Å². The summed E-state index contributed by atoms with van der Waals surface area (Å²) in [5.41, 5.74) is 0. The van der Waals surface area contributed by atoms with Crippen LogP contribution >= 0.6 is 0 Å². The van der Waals surface area contributed by atoms with Crippen LogP contribution in [-0.2, 0) is 4.84 Å². The highest BCUT2D eigenvalue weighted by Crippen LogP contribution is 2.40. The highest BCUT2D eigenvalue weighted by molar-refractivity contribution is 4.95. The molecule has 0 bridgehead atoms. The lowest BCUT2D eigenvalue weighted by Crippen LogP contribution is -2.47. The molecule has 98 valence electrons. The molecule has 2 fully saturated rings. The molecule has 2 heterocycles. The Balaban J connectivity index is 1.63. The van der Waals surface area contributed by atoms with Crippen LogP contribution in [0.2, 0.25) is 0 Å². The summed E-state index contributed by atoms with van der Waals surface area (Å²) in [6.07, 6.45) is 13.6. The van der Waals surface area contributed by atoms with Crippen molar-refractivity contribution < 1.29 is 9.65 Å². The molecule has 17 heavy (non-hydrogen) atoms. The third kappa shape index (κ3) is 3.01. The number of unbranched alkanes of at least 4 members (excludes halogenated alkanes) is 5. The monoisotopic (exact) mass is 239 g/mol. The number of hydrogen-bond acceptors (Lipinski definition) is 2. The Morgan fingerprint density at radius 3 is 2.94 bits per heavy atom. The van der Waals surface area contributed by atoms with Crippen LogP contribution in [0.3, 0.4) is 0 Å².